The Balaban J connectivity index is 0.911. The molecule has 1 aliphatic carbocycles. The number of nitrogens with one attached hydrogen (secondary N) is 2. The first-order valence-electron chi connectivity index (χ1n) is 27.4. The molecule has 0 spiro atoms. The minimum atomic E-state index is -1.42. The quantitative estimate of drug-likeness (QED) is 0.0439. The summed E-state index contributed by atoms with van der Waals surface area (Å²) >= 11 is 0. The van der Waals surface area contributed by atoms with Gasteiger partial charge < -0.3 is 44.3 Å². The number of nitrogens with zero attached hydrogens (tertiary/aromatic N) is 3. The number of hydrogen-bond acceptors (Lipinski definition) is 12. The van der Waals surface area contributed by atoms with Crippen LogP contribution in [0.1, 0.15) is 173 Å². The number of anilines is 2. The van der Waals surface area contributed by atoms with E-state index >= 15 is 0 Å². The van der Waals surface area contributed by atoms with Gasteiger partial charge in [-0.3, -0.25) is 24.1 Å². The molecule has 2 aromatic carbocycles. The summed E-state index contributed by atoms with van der Waals surface area (Å²) in [7, 11) is 2.91. The van der Waals surface area contributed by atoms with Crippen LogP contribution in [0.5, 0.6) is 11.5 Å². The normalized spacial score (nSPS) is 20.4. The highest BCUT2D eigenvalue weighted by molar-refractivity contribution is 6.77. The van der Waals surface area contributed by atoms with Gasteiger partial charge in [0.1, 0.15) is 12.3 Å². The predicted octanol–water partition coefficient (Wildman–Crippen LogP) is 9.47. The van der Waals surface area contributed by atoms with Gasteiger partial charge in [0.15, 0.2) is 17.7 Å². The lowest BCUT2D eigenvalue weighted by atomic mass is 9.69. The van der Waals surface area contributed by atoms with Gasteiger partial charge in [-0.2, -0.15) is 0 Å². The molecule has 4 aliphatic rings. The molecule has 1 saturated carbocycles. The molecule has 3 heterocycles. The third-order valence-electron chi connectivity index (χ3n) is 15.3. The number of imide groups is 1. The second kappa shape index (κ2) is 27.4. The molecule has 1 unspecified atom stereocenters. The molecular weight excluding hydrogens is 941 g/mol. The van der Waals surface area contributed by atoms with Crippen LogP contribution in [-0.4, -0.2) is 116 Å². The van der Waals surface area contributed by atoms with E-state index in [4.69, 9.17) is 18.9 Å². The molecule has 0 bridgehead atoms. The number of rotatable bonds is 22. The summed E-state index contributed by atoms with van der Waals surface area (Å²) in [5, 5.41) is 17.7. The van der Waals surface area contributed by atoms with E-state index in [1.807, 2.05) is 34.6 Å². The molecular formula is C57H83BN5O11. The Morgan fingerprint density at radius 1 is 0.865 bits per heavy atom. The highest BCUT2D eigenvalue weighted by Gasteiger charge is 2.47. The zero-order valence-corrected chi connectivity index (χ0v) is 45.1. The van der Waals surface area contributed by atoms with Crippen LogP contribution in [0.15, 0.2) is 48.6 Å². The number of carbonyl (C=O) groups excluding carboxylic acids is 6. The first-order valence-corrected chi connectivity index (χ1v) is 27.4. The van der Waals surface area contributed by atoms with Crippen LogP contribution in [0.3, 0.4) is 0 Å². The molecule has 0 aromatic heterocycles. The van der Waals surface area contributed by atoms with Crippen molar-refractivity contribution in [2.45, 2.75) is 181 Å². The van der Waals surface area contributed by atoms with E-state index in [0.29, 0.717) is 61.8 Å². The first kappa shape index (κ1) is 57.9. The molecule has 3 atom stereocenters. The van der Waals surface area contributed by atoms with Crippen LogP contribution in [0.25, 0.3) is 0 Å². The van der Waals surface area contributed by atoms with Crippen LogP contribution < -0.4 is 24.9 Å². The average molecular weight is 1030 g/mol. The molecule has 6 rings (SSSR count). The van der Waals surface area contributed by atoms with Gasteiger partial charge in [-0.25, -0.2) is 9.69 Å². The van der Waals surface area contributed by atoms with Gasteiger partial charge in [0.25, 0.3) is 5.91 Å². The summed E-state index contributed by atoms with van der Waals surface area (Å²) in [6.45, 7) is 15.0. The number of methoxy groups -OCH3 is 1. The van der Waals surface area contributed by atoms with Gasteiger partial charge in [-0.05, 0) is 82.1 Å². The van der Waals surface area contributed by atoms with Crippen molar-refractivity contribution < 1.29 is 52.8 Å². The SMILES string of the molecule is C=C1C[C@H]2[C@H](O)N(C(=O)OCc3ccc(N[B]C(=O)C(C)(C)CCOC(C)(C)CCNC(=O)CCN4C(=O)CC(C5CCCCCCCCCCCC5)C4=O)cc3)c3cc(OCCCC)c(OC)cc3C(=O)N2C1. The number of carbonyl (C=O) groups is 6. The van der Waals surface area contributed by atoms with Crippen LogP contribution in [0, 0.1) is 17.3 Å². The zero-order valence-electron chi connectivity index (χ0n) is 45.1. The smallest absolute Gasteiger partial charge is 0.416 e. The molecule has 2 aromatic rings. The van der Waals surface area contributed by atoms with Crippen molar-refractivity contribution in [3.8, 4) is 11.5 Å². The zero-order chi connectivity index (χ0) is 53.4. The Kier molecular flexibility index (Phi) is 21.4. The van der Waals surface area contributed by atoms with Gasteiger partial charge in [0, 0.05) is 56.3 Å². The van der Waals surface area contributed by atoms with E-state index in [1.165, 1.54) is 81.8 Å². The largest absolute Gasteiger partial charge is 0.493 e. The van der Waals surface area contributed by atoms with E-state index in [9.17, 15) is 33.9 Å². The lowest BCUT2D eigenvalue weighted by molar-refractivity contribution is -0.140. The highest BCUT2D eigenvalue weighted by atomic mass is 16.6. The van der Waals surface area contributed by atoms with E-state index < -0.39 is 29.4 Å². The molecule has 2 saturated heterocycles. The Morgan fingerprint density at radius 2 is 1.53 bits per heavy atom. The topological polar surface area (TPSA) is 193 Å². The Bertz CT molecular complexity index is 2260. The van der Waals surface area contributed by atoms with Crippen molar-refractivity contribution in [1.82, 2.24) is 15.1 Å². The third kappa shape index (κ3) is 15.8. The van der Waals surface area contributed by atoms with Crippen LogP contribution >= 0.6 is 0 Å². The van der Waals surface area contributed by atoms with Crippen molar-refractivity contribution >= 4 is 54.2 Å². The summed E-state index contributed by atoms with van der Waals surface area (Å²) in [5.74, 6) is -0.216. The summed E-state index contributed by atoms with van der Waals surface area (Å²) in [6.07, 6.45) is 15.2. The van der Waals surface area contributed by atoms with E-state index in [-0.39, 0.29) is 84.9 Å². The molecule has 16 nitrogen and oxygen atoms in total. The lowest BCUT2D eigenvalue weighted by Gasteiger charge is -2.31. The second-order valence-corrected chi connectivity index (χ2v) is 22.0. The Morgan fingerprint density at radius 3 is 2.18 bits per heavy atom. The van der Waals surface area contributed by atoms with Crippen molar-refractivity contribution in [3.63, 3.8) is 0 Å². The molecule has 74 heavy (non-hydrogen) atoms. The minimum Gasteiger partial charge on any atom is -0.493 e. The molecule has 3 fully saturated rings. The molecule has 405 valence electrons. The molecule has 17 heteroatoms. The maximum absolute atomic E-state index is 13.9. The van der Waals surface area contributed by atoms with E-state index in [2.05, 4.69) is 17.1 Å². The number of unbranched alkanes of at least 4 members (excludes halogenated alkanes) is 1. The average Bonchev–Trinajstić information content (AvgIpc) is 3.89. The summed E-state index contributed by atoms with van der Waals surface area (Å²) < 4.78 is 23.5. The number of hydrogen-bond donors (Lipinski definition) is 3. The van der Waals surface area contributed by atoms with Crippen molar-refractivity contribution in [2.24, 2.45) is 17.3 Å². The second-order valence-electron chi connectivity index (χ2n) is 22.0. The molecule has 5 amide bonds. The summed E-state index contributed by atoms with van der Waals surface area (Å²) in [5.41, 5.74) is 0.911. The number of aliphatic hydroxyl groups excluding tert-OH is 1. The fourth-order valence-electron chi connectivity index (χ4n) is 10.4. The van der Waals surface area contributed by atoms with Crippen LogP contribution in [0.2, 0.25) is 0 Å². The number of aliphatic hydroxyl groups is 1. The highest BCUT2D eigenvalue weighted by Crippen LogP contribution is 2.42. The Labute approximate surface area is 440 Å². The summed E-state index contributed by atoms with van der Waals surface area (Å²) in [6, 6.07) is 9.40. The number of amides is 5. The van der Waals surface area contributed by atoms with Gasteiger partial charge in [-0.15, -0.1) is 0 Å². The number of fused-ring (bicyclic) bond motifs is 2. The maximum Gasteiger partial charge on any atom is 0.416 e. The fraction of sp³-hybridized carbons (Fsp3) is 0.649. The third-order valence-corrected chi connectivity index (χ3v) is 15.3. The van der Waals surface area contributed by atoms with Crippen molar-refractivity contribution in [1.29, 1.82) is 0 Å². The minimum absolute atomic E-state index is 0.0619. The molecule has 3 aliphatic heterocycles. The lowest BCUT2D eigenvalue weighted by Crippen LogP contribution is -2.50. The molecule has 1 radical (unpaired) electrons. The standard InChI is InChI=1S/C57H83BN5O11/c1-8-9-31-72-48-36-45-44(34-47(48)71-7)52(67)62-37-39(2)33-46(62)53(68)63(45)55(70)73-38-40-22-24-42(25-23-40)60-58-54(69)56(3,4)28-32-74-57(5,6)27-29-59-49(64)26-30-61-50(65)35-43(51(61)66)41-20-18-16-14-12-10-11-13-15-17-19-21-41/h22-25,34,36,41,43,46,53,60,68H,2,8-21,26-33,35,37-38H2,1,3-7H3,(H,59,64)/t43?,46-,53-/m0/s1. The maximum atomic E-state index is 13.9. The van der Waals surface area contributed by atoms with E-state index in [0.717, 1.165) is 49.0 Å². The van der Waals surface area contributed by atoms with Gasteiger partial charge in [-0.1, -0.05) is 116 Å². The van der Waals surface area contributed by atoms with Crippen molar-refractivity contribution in [3.05, 3.63) is 59.7 Å². The van der Waals surface area contributed by atoms with Gasteiger partial charge >= 0.3 is 13.5 Å². The van der Waals surface area contributed by atoms with Gasteiger partial charge in [0.05, 0.1) is 42.5 Å². The fourth-order valence-corrected chi connectivity index (χ4v) is 10.4. The van der Waals surface area contributed by atoms with Gasteiger partial charge in [0.2, 0.25) is 17.7 Å². The summed E-state index contributed by atoms with van der Waals surface area (Å²) in [4.78, 5) is 84.6. The number of ether oxygens (including phenoxy) is 4. The first-order chi connectivity index (χ1) is 35.4. The monoisotopic (exact) mass is 1020 g/mol. The molecule has 3 N–H and O–H groups in total. The number of likely N-dealkylation sites (tertiary alicyclic amines) is 1. The van der Waals surface area contributed by atoms with Crippen LogP contribution in [0.4, 0.5) is 16.2 Å². The predicted molar refractivity (Wildman–Crippen MR) is 286 cm³/mol. The van der Waals surface area contributed by atoms with Crippen molar-refractivity contribution in [2.75, 3.05) is 50.1 Å². The number of benzene rings is 2. The van der Waals surface area contributed by atoms with Crippen LogP contribution in [-0.2, 0) is 35.3 Å². The Hall–Kier alpha value is -5.42. The van der Waals surface area contributed by atoms with E-state index in [1.54, 1.807) is 30.3 Å².